The molecule has 0 spiro atoms. The molecule has 1 aromatic carbocycles. The van der Waals surface area contributed by atoms with E-state index in [-0.39, 0.29) is 24.3 Å². The van der Waals surface area contributed by atoms with Gasteiger partial charge in [0, 0.05) is 37.5 Å². The summed E-state index contributed by atoms with van der Waals surface area (Å²) in [6.07, 6.45) is -3.10. The summed E-state index contributed by atoms with van der Waals surface area (Å²) in [5.41, 5.74) is 7.38. The highest BCUT2D eigenvalue weighted by molar-refractivity contribution is 5.75. The Morgan fingerprint density at radius 1 is 1.43 bits per heavy atom. The summed E-state index contributed by atoms with van der Waals surface area (Å²) >= 11 is 0. The van der Waals surface area contributed by atoms with Crippen LogP contribution < -0.4 is 17.0 Å². The SMILES string of the molecule is CN(CC/C(=C/N)NN)C(=O)N1CC(OCc2ccc(C(F)(F)F)cc2F)C1. The molecule has 0 radical (unpaired) electrons. The molecule has 1 aliphatic heterocycles. The minimum absolute atomic E-state index is 0.0327. The number of benzene rings is 1. The number of carbonyl (C=O) groups is 1. The van der Waals surface area contributed by atoms with E-state index < -0.39 is 17.6 Å². The summed E-state index contributed by atoms with van der Waals surface area (Å²) < 4.78 is 56.9. The fourth-order valence-electron chi connectivity index (χ4n) is 2.58. The van der Waals surface area contributed by atoms with Crippen molar-refractivity contribution in [3.05, 3.63) is 47.0 Å². The second-order valence-electron chi connectivity index (χ2n) is 6.43. The van der Waals surface area contributed by atoms with Gasteiger partial charge in [0.1, 0.15) is 5.82 Å². The third-order valence-electron chi connectivity index (χ3n) is 4.40. The summed E-state index contributed by atoms with van der Waals surface area (Å²) in [4.78, 5) is 15.3. The van der Waals surface area contributed by atoms with Gasteiger partial charge in [-0.2, -0.15) is 13.2 Å². The summed E-state index contributed by atoms with van der Waals surface area (Å²) in [5.74, 6) is 4.30. The molecule has 0 aromatic heterocycles. The number of urea groups is 1. The zero-order chi connectivity index (χ0) is 20.9. The highest BCUT2D eigenvalue weighted by atomic mass is 19.4. The maximum Gasteiger partial charge on any atom is 0.416 e. The van der Waals surface area contributed by atoms with Gasteiger partial charge in [-0.25, -0.2) is 9.18 Å². The first-order chi connectivity index (χ1) is 13.2. The number of alkyl halides is 3. The van der Waals surface area contributed by atoms with Crippen LogP contribution in [-0.2, 0) is 17.5 Å². The zero-order valence-electron chi connectivity index (χ0n) is 15.3. The average molecular weight is 405 g/mol. The van der Waals surface area contributed by atoms with E-state index in [0.29, 0.717) is 37.8 Å². The first-order valence-corrected chi connectivity index (χ1v) is 8.50. The van der Waals surface area contributed by atoms with Crippen LogP contribution in [0, 0.1) is 5.82 Å². The molecular weight excluding hydrogens is 382 g/mol. The van der Waals surface area contributed by atoms with Crippen molar-refractivity contribution in [2.24, 2.45) is 11.6 Å². The van der Waals surface area contributed by atoms with Crippen molar-refractivity contribution < 1.29 is 27.1 Å². The van der Waals surface area contributed by atoms with Crippen molar-refractivity contribution in [3.8, 4) is 0 Å². The number of halogens is 4. The average Bonchev–Trinajstić information content (AvgIpc) is 2.61. The number of nitrogens with zero attached hydrogens (tertiary/aromatic N) is 2. The molecule has 1 aromatic rings. The Bertz CT molecular complexity index is 720. The quantitative estimate of drug-likeness (QED) is 0.365. The van der Waals surface area contributed by atoms with Gasteiger partial charge in [0.15, 0.2) is 0 Å². The van der Waals surface area contributed by atoms with Crippen LogP contribution in [0.2, 0.25) is 0 Å². The summed E-state index contributed by atoms with van der Waals surface area (Å²) in [5, 5.41) is 0. The fraction of sp³-hybridized carbons (Fsp3) is 0.471. The van der Waals surface area contributed by atoms with Gasteiger partial charge < -0.3 is 25.7 Å². The molecule has 156 valence electrons. The van der Waals surface area contributed by atoms with E-state index in [1.165, 1.54) is 11.1 Å². The molecule has 0 bridgehead atoms. The maximum atomic E-state index is 13.8. The number of nitrogens with one attached hydrogen (secondary N) is 1. The van der Waals surface area contributed by atoms with Gasteiger partial charge in [-0.3, -0.25) is 5.84 Å². The van der Waals surface area contributed by atoms with Crippen LogP contribution in [0.4, 0.5) is 22.4 Å². The molecule has 0 aliphatic carbocycles. The number of rotatable bonds is 7. The maximum absolute atomic E-state index is 13.8. The third-order valence-corrected chi connectivity index (χ3v) is 4.40. The lowest BCUT2D eigenvalue weighted by molar-refractivity contribution is -0.137. The second-order valence-corrected chi connectivity index (χ2v) is 6.43. The van der Waals surface area contributed by atoms with Gasteiger partial charge >= 0.3 is 12.2 Å². The lowest BCUT2D eigenvalue weighted by Gasteiger charge is -2.40. The number of hydrogen-bond acceptors (Lipinski definition) is 5. The Hall–Kier alpha value is -2.53. The van der Waals surface area contributed by atoms with E-state index in [4.69, 9.17) is 16.3 Å². The van der Waals surface area contributed by atoms with Crippen molar-refractivity contribution >= 4 is 6.03 Å². The summed E-state index contributed by atoms with van der Waals surface area (Å²) in [6, 6.07) is 2.12. The molecule has 1 heterocycles. The van der Waals surface area contributed by atoms with Gasteiger partial charge in [-0.1, -0.05) is 6.07 Å². The number of hydrogen-bond donors (Lipinski definition) is 3. The van der Waals surface area contributed by atoms with Crippen molar-refractivity contribution in [3.63, 3.8) is 0 Å². The minimum Gasteiger partial charge on any atom is -0.403 e. The van der Waals surface area contributed by atoms with Crippen LogP contribution in [0.1, 0.15) is 17.5 Å². The number of ether oxygens (including phenoxy) is 1. The number of carbonyl (C=O) groups excluding carboxylic acids is 1. The van der Waals surface area contributed by atoms with Gasteiger partial charge in [-0.05, 0) is 12.1 Å². The molecule has 2 rings (SSSR count). The number of nitrogens with two attached hydrogens (primary N) is 2. The van der Waals surface area contributed by atoms with Crippen molar-refractivity contribution in [1.29, 1.82) is 0 Å². The summed E-state index contributed by atoms with van der Waals surface area (Å²) in [7, 11) is 1.64. The predicted octanol–water partition coefficient (Wildman–Crippen LogP) is 1.75. The smallest absolute Gasteiger partial charge is 0.403 e. The Balaban J connectivity index is 1.76. The molecule has 0 atom stereocenters. The van der Waals surface area contributed by atoms with Crippen molar-refractivity contribution in [2.45, 2.75) is 25.3 Å². The summed E-state index contributed by atoms with van der Waals surface area (Å²) in [6.45, 7) is 0.879. The van der Waals surface area contributed by atoms with E-state index >= 15 is 0 Å². The van der Waals surface area contributed by atoms with Crippen LogP contribution in [-0.4, -0.2) is 48.6 Å². The Morgan fingerprint density at radius 2 is 2.11 bits per heavy atom. The number of likely N-dealkylation sites (tertiary alicyclic amines) is 1. The first kappa shape index (κ1) is 21.8. The zero-order valence-corrected chi connectivity index (χ0v) is 15.3. The third kappa shape index (κ3) is 5.49. The molecule has 11 heteroatoms. The van der Waals surface area contributed by atoms with E-state index in [1.54, 1.807) is 11.9 Å². The molecule has 1 fully saturated rings. The fourth-order valence-corrected chi connectivity index (χ4v) is 2.58. The van der Waals surface area contributed by atoms with Crippen LogP contribution in [0.5, 0.6) is 0 Å². The van der Waals surface area contributed by atoms with Gasteiger partial charge in [-0.15, -0.1) is 0 Å². The molecule has 0 saturated carbocycles. The van der Waals surface area contributed by atoms with Gasteiger partial charge in [0.05, 0.1) is 31.4 Å². The highest BCUT2D eigenvalue weighted by Crippen LogP contribution is 2.30. The molecule has 28 heavy (non-hydrogen) atoms. The topological polar surface area (TPSA) is 96.8 Å². The van der Waals surface area contributed by atoms with Gasteiger partial charge in [0.25, 0.3) is 0 Å². The van der Waals surface area contributed by atoms with E-state index in [9.17, 15) is 22.4 Å². The largest absolute Gasteiger partial charge is 0.416 e. The molecule has 1 saturated heterocycles. The molecule has 1 aliphatic rings. The normalized spacial score (nSPS) is 15.4. The molecule has 7 nitrogen and oxygen atoms in total. The highest BCUT2D eigenvalue weighted by Gasteiger charge is 2.34. The van der Waals surface area contributed by atoms with Crippen LogP contribution in [0.15, 0.2) is 30.1 Å². The van der Waals surface area contributed by atoms with E-state index in [1.807, 2.05) is 0 Å². The van der Waals surface area contributed by atoms with E-state index in [0.717, 1.165) is 12.1 Å². The predicted molar refractivity (Wildman–Crippen MR) is 93.8 cm³/mol. The monoisotopic (exact) mass is 405 g/mol. The molecule has 5 N–H and O–H groups in total. The molecule has 0 unspecified atom stereocenters. The second kappa shape index (κ2) is 9.11. The molecular formula is C17H23F4N5O2. The Labute approximate surface area is 159 Å². The lowest BCUT2D eigenvalue weighted by Crippen LogP contribution is -2.58. The minimum atomic E-state index is -4.60. The van der Waals surface area contributed by atoms with Crippen LogP contribution in [0.25, 0.3) is 0 Å². The first-order valence-electron chi connectivity index (χ1n) is 8.50. The Kier molecular flexibility index (Phi) is 7.08. The van der Waals surface area contributed by atoms with Crippen LogP contribution >= 0.6 is 0 Å². The lowest BCUT2D eigenvalue weighted by atomic mass is 10.1. The van der Waals surface area contributed by atoms with Gasteiger partial charge in [0.2, 0.25) is 0 Å². The van der Waals surface area contributed by atoms with Crippen LogP contribution in [0.3, 0.4) is 0 Å². The van der Waals surface area contributed by atoms with Crippen molar-refractivity contribution in [1.82, 2.24) is 15.2 Å². The number of hydrazine groups is 1. The Morgan fingerprint density at radius 3 is 2.64 bits per heavy atom. The molecule has 2 amide bonds. The standard InChI is InChI=1S/C17H23F4N5O2/c1-25(5-4-13(7-22)24-23)16(27)26-8-14(9-26)28-10-11-2-3-12(6-15(11)18)17(19,20)21/h2-3,6-7,14,24H,4-5,8-10,22-23H2,1H3/b13-7-. The van der Waals surface area contributed by atoms with E-state index in [2.05, 4.69) is 5.43 Å². The number of amides is 2. The van der Waals surface area contributed by atoms with Crippen molar-refractivity contribution in [2.75, 3.05) is 26.7 Å².